The monoisotopic (exact) mass is 146 g/mol. The van der Waals surface area contributed by atoms with E-state index in [2.05, 4.69) is 28.5 Å². The third-order valence-electron chi connectivity index (χ3n) is 1.70. The lowest BCUT2D eigenvalue weighted by Crippen LogP contribution is -2.08. The van der Waals surface area contributed by atoms with Crippen LogP contribution in [-0.4, -0.2) is 11.5 Å². The summed E-state index contributed by atoms with van der Waals surface area (Å²) in [4.78, 5) is 3.15. The molecule has 0 bridgehead atoms. The first kappa shape index (κ1) is 6.28. The summed E-state index contributed by atoms with van der Waals surface area (Å²) in [6, 6.07) is 4.06. The summed E-state index contributed by atoms with van der Waals surface area (Å²) in [6.07, 6.45) is 8.17. The van der Waals surface area contributed by atoms with Crippen molar-refractivity contribution in [2.24, 2.45) is 0 Å². The number of hydrogen-bond acceptors (Lipinski definition) is 1. The zero-order chi connectivity index (χ0) is 7.52. The van der Waals surface area contributed by atoms with E-state index in [1.54, 1.807) is 0 Å². The maximum atomic E-state index is 3.15. The highest BCUT2D eigenvalue weighted by molar-refractivity contribution is 5.72. The number of nitrogens with one attached hydrogen (secondary N) is 2. The van der Waals surface area contributed by atoms with Gasteiger partial charge in [0, 0.05) is 30.2 Å². The third kappa shape index (κ3) is 1.19. The van der Waals surface area contributed by atoms with Gasteiger partial charge in [0.05, 0.1) is 0 Å². The van der Waals surface area contributed by atoms with Crippen LogP contribution in [0.25, 0.3) is 5.57 Å². The Morgan fingerprint density at radius 1 is 1.36 bits per heavy atom. The van der Waals surface area contributed by atoms with E-state index in [1.807, 2.05) is 18.5 Å². The third-order valence-corrected chi connectivity index (χ3v) is 1.70. The lowest BCUT2D eigenvalue weighted by Gasteiger charge is -2.05. The minimum Gasteiger partial charge on any atom is -0.387 e. The molecule has 1 aromatic heterocycles. The molecule has 0 fully saturated rings. The molecule has 0 aromatic carbocycles. The molecular formula is C9H10N2. The molecule has 0 spiro atoms. The quantitative estimate of drug-likeness (QED) is 0.617. The zero-order valence-corrected chi connectivity index (χ0v) is 6.17. The Hall–Kier alpha value is -1.44. The molecule has 11 heavy (non-hydrogen) atoms. The Bertz CT molecular complexity index is 281. The van der Waals surface area contributed by atoms with Crippen molar-refractivity contribution in [1.82, 2.24) is 10.3 Å². The predicted octanol–water partition coefficient (Wildman–Crippen LogP) is 1.51. The molecule has 1 aromatic rings. The van der Waals surface area contributed by atoms with Crippen LogP contribution in [-0.2, 0) is 0 Å². The second-order valence-electron chi connectivity index (χ2n) is 2.49. The van der Waals surface area contributed by atoms with Crippen LogP contribution in [0.15, 0.2) is 36.7 Å². The van der Waals surface area contributed by atoms with E-state index < -0.39 is 0 Å². The largest absolute Gasteiger partial charge is 0.387 e. The van der Waals surface area contributed by atoms with Crippen molar-refractivity contribution in [2.45, 2.75) is 0 Å². The van der Waals surface area contributed by atoms with Gasteiger partial charge in [0.25, 0.3) is 0 Å². The van der Waals surface area contributed by atoms with E-state index in [0.717, 1.165) is 12.2 Å². The summed E-state index contributed by atoms with van der Waals surface area (Å²) in [6.45, 7) is 0.935. The highest BCUT2D eigenvalue weighted by Gasteiger charge is 1.99. The van der Waals surface area contributed by atoms with Gasteiger partial charge < -0.3 is 10.3 Å². The summed E-state index contributed by atoms with van der Waals surface area (Å²) >= 11 is 0. The summed E-state index contributed by atoms with van der Waals surface area (Å²) in [5.74, 6) is 0. The van der Waals surface area contributed by atoms with E-state index in [-0.39, 0.29) is 0 Å². The lowest BCUT2D eigenvalue weighted by molar-refractivity contribution is 0.975. The van der Waals surface area contributed by atoms with Gasteiger partial charge in [-0.2, -0.15) is 0 Å². The molecule has 0 saturated heterocycles. The van der Waals surface area contributed by atoms with Gasteiger partial charge in [-0.15, -0.1) is 0 Å². The summed E-state index contributed by atoms with van der Waals surface area (Å²) < 4.78 is 0. The molecule has 0 saturated carbocycles. The normalized spacial score (nSPS) is 15.8. The summed E-state index contributed by atoms with van der Waals surface area (Å²) in [7, 11) is 0. The fraction of sp³-hybridized carbons (Fsp3) is 0.111. The number of hydrogen-bond donors (Lipinski definition) is 2. The van der Waals surface area contributed by atoms with Gasteiger partial charge in [-0.1, -0.05) is 12.2 Å². The molecule has 56 valence electrons. The minimum absolute atomic E-state index is 0.935. The molecule has 2 N–H and O–H groups in total. The fourth-order valence-electron chi connectivity index (χ4n) is 1.15. The molecule has 1 aliphatic rings. The van der Waals surface area contributed by atoms with Gasteiger partial charge in [-0.25, -0.2) is 0 Å². The second kappa shape index (κ2) is 2.66. The average Bonchev–Trinajstić information content (AvgIpc) is 2.58. The van der Waals surface area contributed by atoms with Gasteiger partial charge in [0.15, 0.2) is 0 Å². The number of aromatic amines is 1. The van der Waals surface area contributed by atoms with Crippen LogP contribution >= 0.6 is 0 Å². The van der Waals surface area contributed by atoms with Gasteiger partial charge in [-0.3, -0.25) is 0 Å². The van der Waals surface area contributed by atoms with Crippen LogP contribution in [0.1, 0.15) is 5.69 Å². The molecule has 2 rings (SSSR count). The molecule has 2 nitrogen and oxygen atoms in total. The van der Waals surface area contributed by atoms with Crippen molar-refractivity contribution in [2.75, 3.05) is 6.54 Å². The Balaban J connectivity index is 2.29. The highest BCUT2D eigenvalue weighted by atomic mass is 14.8. The lowest BCUT2D eigenvalue weighted by atomic mass is 10.1. The molecule has 0 aliphatic carbocycles. The fourth-order valence-corrected chi connectivity index (χ4v) is 1.15. The van der Waals surface area contributed by atoms with Gasteiger partial charge in [0.1, 0.15) is 0 Å². The maximum absolute atomic E-state index is 3.15. The number of allylic oxidation sites excluding steroid dienone is 2. The van der Waals surface area contributed by atoms with Crippen molar-refractivity contribution < 1.29 is 0 Å². The first-order chi connectivity index (χ1) is 5.47. The molecule has 2 heteroatoms. The van der Waals surface area contributed by atoms with Crippen molar-refractivity contribution in [3.63, 3.8) is 0 Å². The molecule has 1 aliphatic heterocycles. The van der Waals surface area contributed by atoms with Crippen molar-refractivity contribution in [1.29, 1.82) is 0 Å². The van der Waals surface area contributed by atoms with Gasteiger partial charge in [-0.05, 0) is 12.1 Å². The molecule has 0 unspecified atom stereocenters. The Kier molecular flexibility index (Phi) is 1.52. The molecule has 0 radical (unpaired) electrons. The Morgan fingerprint density at radius 2 is 2.36 bits per heavy atom. The smallest absolute Gasteiger partial charge is 0.0468 e. The standard InChI is InChI=1S/C9H10N2/c1-3-8(7-10-5-1)9-4-2-6-11-9/h1-4,6-7,10-11H,5H2. The van der Waals surface area contributed by atoms with Crippen LogP contribution in [0, 0.1) is 0 Å². The molecular weight excluding hydrogens is 136 g/mol. The molecule has 0 atom stereocenters. The Labute approximate surface area is 65.6 Å². The summed E-state index contributed by atoms with van der Waals surface area (Å²) in [5.41, 5.74) is 2.37. The van der Waals surface area contributed by atoms with Crippen LogP contribution in [0.3, 0.4) is 0 Å². The van der Waals surface area contributed by atoms with Crippen LogP contribution in [0.4, 0.5) is 0 Å². The highest BCUT2D eigenvalue weighted by Crippen LogP contribution is 2.13. The first-order valence-electron chi connectivity index (χ1n) is 3.71. The number of rotatable bonds is 1. The minimum atomic E-state index is 0.935. The van der Waals surface area contributed by atoms with Crippen molar-refractivity contribution in [3.05, 3.63) is 42.4 Å². The number of aromatic nitrogens is 1. The van der Waals surface area contributed by atoms with Crippen molar-refractivity contribution in [3.8, 4) is 0 Å². The number of H-pyrrole nitrogens is 1. The van der Waals surface area contributed by atoms with Gasteiger partial charge in [0.2, 0.25) is 0 Å². The summed E-state index contributed by atoms with van der Waals surface area (Å²) in [5, 5.41) is 3.15. The topological polar surface area (TPSA) is 27.8 Å². The van der Waals surface area contributed by atoms with E-state index >= 15 is 0 Å². The van der Waals surface area contributed by atoms with Crippen LogP contribution in [0.2, 0.25) is 0 Å². The van der Waals surface area contributed by atoms with Crippen LogP contribution < -0.4 is 5.32 Å². The Morgan fingerprint density at radius 3 is 3.00 bits per heavy atom. The van der Waals surface area contributed by atoms with E-state index in [9.17, 15) is 0 Å². The maximum Gasteiger partial charge on any atom is 0.0468 e. The van der Waals surface area contributed by atoms with E-state index in [1.165, 1.54) is 5.57 Å². The predicted molar refractivity (Wildman–Crippen MR) is 45.9 cm³/mol. The first-order valence-corrected chi connectivity index (χ1v) is 3.71. The number of dihydropyridines is 1. The van der Waals surface area contributed by atoms with E-state index in [4.69, 9.17) is 0 Å². The average molecular weight is 146 g/mol. The SMILES string of the molecule is C1=CC(c2ccc[nH]2)=CNC1. The van der Waals surface area contributed by atoms with E-state index in [0.29, 0.717) is 0 Å². The molecule has 0 amide bonds. The van der Waals surface area contributed by atoms with Gasteiger partial charge >= 0.3 is 0 Å². The van der Waals surface area contributed by atoms with Crippen molar-refractivity contribution >= 4 is 5.57 Å². The zero-order valence-electron chi connectivity index (χ0n) is 6.17. The molecule has 2 heterocycles. The van der Waals surface area contributed by atoms with Crippen LogP contribution in [0.5, 0.6) is 0 Å². The second-order valence-corrected chi connectivity index (χ2v) is 2.49.